The van der Waals surface area contributed by atoms with Gasteiger partial charge in [-0.15, -0.1) is 6.58 Å². The molecule has 0 fully saturated rings. The maximum absolute atomic E-state index is 11.6. The van der Waals surface area contributed by atoms with Gasteiger partial charge in [-0.05, 0) is 18.4 Å². The fraction of sp³-hybridized carbons (Fsp3) is 0.438. The third-order valence-corrected chi connectivity index (χ3v) is 2.95. The number of hydrogen-bond acceptors (Lipinski definition) is 3. The highest BCUT2D eigenvalue weighted by Gasteiger charge is 2.08. The van der Waals surface area contributed by atoms with Gasteiger partial charge < -0.3 is 15.8 Å². The van der Waals surface area contributed by atoms with Crippen LogP contribution in [0.2, 0.25) is 0 Å². The Hall–Kier alpha value is -1.65. The van der Waals surface area contributed by atoms with E-state index in [0.29, 0.717) is 32.6 Å². The van der Waals surface area contributed by atoms with Crippen molar-refractivity contribution in [3.63, 3.8) is 0 Å². The van der Waals surface area contributed by atoms with Crippen molar-refractivity contribution in [3.05, 3.63) is 48.6 Å². The molecule has 110 valence electrons. The summed E-state index contributed by atoms with van der Waals surface area (Å²) >= 11 is 0. The van der Waals surface area contributed by atoms with Gasteiger partial charge in [-0.2, -0.15) is 0 Å². The number of nitrogens with one attached hydrogen (secondary N) is 1. The Morgan fingerprint density at radius 1 is 1.35 bits per heavy atom. The van der Waals surface area contributed by atoms with Crippen LogP contribution in [-0.4, -0.2) is 25.7 Å². The minimum atomic E-state index is -0.0919. The summed E-state index contributed by atoms with van der Waals surface area (Å²) in [6.07, 6.45) is 3.72. The molecule has 4 nitrogen and oxygen atoms in total. The molecule has 1 unspecified atom stereocenters. The SMILES string of the molecule is C=CCCOCCNC(=O)CCC(N)c1ccccc1. The molecule has 0 aliphatic rings. The summed E-state index contributed by atoms with van der Waals surface area (Å²) in [6, 6.07) is 9.73. The quantitative estimate of drug-likeness (QED) is 0.508. The fourth-order valence-corrected chi connectivity index (χ4v) is 1.77. The predicted octanol–water partition coefficient (Wildman–Crippen LogP) is 2.18. The number of carbonyl (C=O) groups excluding carboxylic acids is 1. The van der Waals surface area contributed by atoms with E-state index in [0.717, 1.165) is 12.0 Å². The Balaban J connectivity index is 2.09. The van der Waals surface area contributed by atoms with Crippen LogP contribution in [-0.2, 0) is 9.53 Å². The Morgan fingerprint density at radius 2 is 2.10 bits per heavy atom. The highest BCUT2D eigenvalue weighted by Crippen LogP contribution is 2.14. The fourth-order valence-electron chi connectivity index (χ4n) is 1.77. The van der Waals surface area contributed by atoms with Crippen LogP contribution in [0.4, 0.5) is 0 Å². The highest BCUT2D eigenvalue weighted by molar-refractivity contribution is 5.75. The summed E-state index contributed by atoms with van der Waals surface area (Å²) in [5, 5.41) is 2.82. The average molecular weight is 276 g/mol. The van der Waals surface area contributed by atoms with Crippen molar-refractivity contribution >= 4 is 5.91 Å². The minimum absolute atomic E-state index is 0.0173. The summed E-state index contributed by atoms with van der Waals surface area (Å²) in [7, 11) is 0. The number of amides is 1. The monoisotopic (exact) mass is 276 g/mol. The highest BCUT2D eigenvalue weighted by atomic mass is 16.5. The molecule has 0 radical (unpaired) electrons. The summed E-state index contributed by atoms with van der Waals surface area (Å²) in [6.45, 7) is 5.33. The van der Waals surface area contributed by atoms with Crippen LogP contribution >= 0.6 is 0 Å². The molecule has 1 aromatic carbocycles. The Labute approximate surface area is 121 Å². The molecule has 0 heterocycles. The third kappa shape index (κ3) is 7.07. The summed E-state index contributed by atoms with van der Waals surface area (Å²) in [5.74, 6) is 0.0173. The second-order valence-corrected chi connectivity index (χ2v) is 4.60. The molecule has 0 saturated carbocycles. The lowest BCUT2D eigenvalue weighted by molar-refractivity contribution is -0.121. The van der Waals surface area contributed by atoms with E-state index >= 15 is 0 Å². The largest absolute Gasteiger partial charge is 0.379 e. The molecule has 0 saturated heterocycles. The number of ether oxygens (including phenoxy) is 1. The molecule has 20 heavy (non-hydrogen) atoms. The van der Waals surface area contributed by atoms with Crippen LogP contribution in [0.5, 0.6) is 0 Å². The van der Waals surface area contributed by atoms with E-state index in [2.05, 4.69) is 11.9 Å². The zero-order valence-electron chi connectivity index (χ0n) is 11.9. The van der Waals surface area contributed by atoms with Crippen LogP contribution in [0.1, 0.15) is 30.9 Å². The van der Waals surface area contributed by atoms with Crippen molar-refractivity contribution in [2.75, 3.05) is 19.8 Å². The van der Waals surface area contributed by atoms with Gasteiger partial charge in [0.2, 0.25) is 5.91 Å². The minimum Gasteiger partial charge on any atom is -0.379 e. The number of benzene rings is 1. The lowest BCUT2D eigenvalue weighted by atomic mass is 10.0. The second-order valence-electron chi connectivity index (χ2n) is 4.60. The lowest BCUT2D eigenvalue weighted by Crippen LogP contribution is -2.28. The zero-order valence-corrected chi connectivity index (χ0v) is 11.9. The van der Waals surface area contributed by atoms with Gasteiger partial charge in [-0.3, -0.25) is 4.79 Å². The standard InChI is InChI=1S/C16H24N2O2/c1-2-3-12-20-13-11-18-16(19)10-9-15(17)14-7-5-4-6-8-14/h2,4-8,15H,1,3,9-13,17H2,(H,18,19). The van der Waals surface area contributed by atoms with Gasteiger partial charge in [0, 0.05) is 19.0 Å². The number of carbonyl (C=O) groups is 1. The second kappa shape index (κ2) is 10.2. The smallest absolute Gasteiger partial charge is 0.220 e. The lowest BCUT2D eigenvalue weighted by Gasteiger charge is -2.11. The normalized spacial score (nSPS) is 11.8. The molecule has 1 amide bonds. The van der Waals surface area contributed by atoms with Crippen molar-refractivity contribution in [3.8, 4) is 0 Å². The zero-order chi connectivity index (χ0) is 14.6. The number of nitrogens with two attached hydrogens (primary N) is 1. The number of hydrogen-bond donors (Lipinski definition) is 2. The van der Waals surface area contributed by atoms with Gasteiger partial charge in [0.25, 0.3) is 0 Å². The van der Waals surface area contributed by atoms with Gasteiger partial charge in [0.05, 0.1) is 13.2 Å². The van der Waals surface area contributed by atoms with E-state index in [4.69, 9.17) is 10.5 Å². The van der Waals surface area contributed by atoms with E-state index < -0.39 is 0 Å². The molecule has 1 rings (SSSR count). The van der Waals surface area contributed by atoms with Gasteiger partial charge in [0.1, 0.15) is 0 Å². The molecule has 1 atom stereocenters. The maximum atomic E-state index is 11.6. The predicted molar refractivity (Wildman–Crippen MR) is 81.2 cm³/mol. The van der Waals surface area contributed by atoms with Crippen LogP contribution in [0.15, 0.2) is 43.0 Å². The van der Waals surface area contributed by atoms with Gasteiger partial charge >= 0.3 is 0 Å². The van der Waals surface area contributed by atoms with E-state index in [1.165, 1.54) is 0 Å². The first-order valence-electron chi connectivity index (χ1n) is 7.00. The van der Waals surface area contributed by atoms with Crippen molar-refractivity contribution in [2.45, 2.75) is 25.3 Å². The summed E-state index contributed by atoms with van der Waals surface area (Å²) in [5.41, 5.74) is 7.10. The first-order valence-corrected chi connectivity index (χ1v) is 7.00. The van der Waals surface area contributed by atoms with Crippen LogP contribution in [0.25, 0.3) is 0 Å². The molecule has 1 aromatic rings. The number of rotatable bonds is 10. The molecular formula is C16H24N2O2. The first-order chi connectivity index (χ1) is 9.74. The Kier molecular flexibility index (Phi) is 8.35. The van der Waals surface area contributed by atoms with Crippen molar-refractivity contribution < 1.29 is 9.53 Å². The summed E-state index contributed by atoms with van der Waals surface area (Å²) < 4.78 is 5.31. The van der Waals surface area contributed by atoms with Crippen LogP contribution < -0.4 is 11.1 Å². The Morgan fingerprint density at radius 3 is 2.80 bits per heavy atom. The van der Waals surface area contributed by atoms with Crippen molar-refractivity contribution in [1.82, 2.24) is 5.32 Å². The van der Waals surface area contributed by atoms with E-state index in [-0.39, 0.29) is 11.9 Å². The molecule has 0 aromatic heterocycles. The topological polar surface area (TPSA) is 64.3 Å². The molecular weight excluding hydrogens is 252 g/mol. The molecule has 0 aliphatic carbocycles. The van der Waals surface area contributed by atoms with E-state index in [9.17, 15) is 4.79 Å². The van der Waals surface area contributed by atoms with Gasteiger partial charge in [0.15, 0.2) is 0 Å². The molecule has 0 aliphatic heterocycles. The van der Waals surface area contributed by atoms with E-state index in [1.807, 2.05) is 36.4 Å². The van der Waals surface area contributed by atoms with Gasteiger partial charge in [-0.1, -0.05) is 36.4 Å². The average Bonchev–Trinajstić information content (AvgIpc) is 2.49. The van der Waals surface area contributed by atoms with Crippen molar-refractivity contribution in [2.24, 2.45) is 5.73 Å². The molecule has 4 heteroatoms. The first kappa shape index (κ1) is 16.4. The molecule has 3 N–H and O–H groups in total. The van der Waals surface area contributed by atoms with Gasteiger partial charge in [-0.25, -0.2) is 0 Å². The maximum Gasteiger partial charge on any atom is 0.220 e. The molecule has 0 spiro atoms. The molecule has 0 bridgehead atoms. The third-order valence-electron chi connectivity index (χ3n) is 2.95. The summed E-state index contributed by atoms with van der Waals surface area (Å²) in [4.78, 5) is 11.6. The van der Waals surface area contributed by atoms with Crippen molar-refractivity contribution in [1.29, 1.82) is 0 Å². The van der Waals surface area contributed by atoms with Crippen LogP contribution in [0.3, 0.4) is 0 Å². The Bertz CT molecular complexity index is 393. The van der Waals surface area contributed by atoms with Crippen LogP contribution in [0, 0.1) is 0 Å². The van der Waals surface area contributed by atoms with E-state index in [1.54, 1.807) is 0 Å².